The van der Waals surface area contributed by atoms with E-state index in [0.717, 1.165) is 4.31 Å². The predicted octanol–water partition coefficient (Wildman–Crippen LogP) is -0.0664. The molecule has 0 rings (SSSR count). The van der Waals surface area contributed by atoms with E-state index in [1.807, 2.05) is 0 Å². The molecule has 0 aromatic heterocycles. The number of nitrogens with one attached hydrogen (secondary N) is 1. The monoisotopic (exact) mass is 266 g/mol. The lowest BCUT2D eigenvalue weighted by Crippen LogP contribution is -2.49. The minimum absolute atomic E-state index is 0.00260. The lowest BCUT2D eigenvalue weighted by Gasteiger charge is -2.26. The molecule has 0 aliphatic carbocycles. The van der Waals surface area contributed by atoms with Crippen molar-refractivity contribution < 1.29 is 13.6 Å². The summed E-state index contributed by atoms with van der Waals surface area (Å²) in [7, 11) is -2.12. The van der Waals surface area contributed by atoms with Crippen LogP contribution in [0, 0.1) is 5.92 Å². The quantitative estimate of drug-likeness (QED) is 0.280. The Kier molecular flexibility index (Phi) is 5.37. The predicted molar refractivity (Wildman–Crippen MR) is 67.0 cm³/mol. The summed E-state index contributed by atoms with van der Waals surface area (Å²) < 4.78 is 27.4. The molecule has 0 saturated heterocycles. The van der Waals surface area contributed by atoms with Gasteiger partial charge in [-0.25, -0.2) is 0 Å². The molecule has 4 N–H and O–H groups in total. The third kappa shape index (κ3) is 5.85. The zero-order chi connectivity index (χ0) is 13.9. The lowest BCUT2D eigenvalue weighted by molar-refractivity contribution is 0.312. The average molecular weight is 266 g/mol. The number of hydrogen-bond donors (Lipinski definition) is 3. The summed E-state index contributed by atoms with van der Waals surface area (Å²) in [4.78, 5) is 0. The normalized spacial score (nSPS) is 16.2. The summed E-state index contributed by atoms with van der Waals surface area (Å²) in [6.07, 6.45) is 0. The highest BCUT2D eigenvalue weighted by Gasteiger charge is 2.26. The van der Waals surface area contributed by atoms with Gasteiger partial charge >= 0.3 is 0 Å². The van der Waals surface area contributed by atoms with Crippen LogP contribution in [0.2, 0.25) is 0 Å². The van der Waals surface area contributed by atoms with E-state index in [4.69, 9.17) is 10.9 Å². The van der Waals surface area contributed by atoms with Crippen LogP contribution >= 0.6 is 0 Å². The van der Waals surface area contributed by atoms with Crippen molar-refractivity contribution in [3.63, 3.8) is 0 Å². The first-order chi connectivity index (χ1) is 7.49. The molecule has 0 fully saturated rings. The summed E-state index contributed by atoms with van der Waals surface area (Å²) in [5, 5.41) is 11.3. The van der Waals surface area contributed by atoms with Gasteiger partial charge in [-0.15, -0.1) is 0 Å². The molecule has 17 heavy (non-hydrogen) atoms. The molecule has 0 bridgehead atoms. The fourth-order valence-corrected chi connectivity index (χ4v) is 2.49. The molecule has 0 spiro atoms. The maximum atomic E-state index is 11.9. The minimum Gasteiger partial charge on any atom is -0.409 e. The van der Waals surface area contributed by atoms with Crippen molar-refractivity contribution in [2.75, 3.05) is 13.6 Å². The van der Waals surface area contributed by atoms with Crippen LogP contribution in [0.25, 0.3) is 0 Å². The van der Waals surface area contributed by atoms with Crippen LogP contribution < -0.4 is 10.5 Å². The van der Waals surface area contributed by atoms with E-state index >= 15 is 0 Å². The molecular formula is C9H22N4O3S. The fourth-order valence-electron chi connectivity index (χ4n) is 1.14. The molecule has 102 valence electrons. The first-order valence-electron chi connectivity index (χ1n) is 5.22. The van der Waals surface area contributed by atoms with E-state index in [-0.39, 0.29) is 18.3 Å². The Bertz CT molecular complexity index is 372. The van der Waals surface area contributed by atoms with Crippen molar-refractivity contribution in [3.05, 3.63) is 0 Å². The van der Waals surface area contributed by atoms with Crippen LogP contribution in [0.1, 0.15) is 27.7 Å². The lowest BCUT2D eigenvalue weighted by atomic mass is 10.1. The average Bonchev–Trinajstić information content (AvgIpc) is 2.12. The van der Waals surface area contributed by atoms with Crippen LogP contribution in [0.15, 0.2) is 5.16 Å². The molecule has 7 nitrogen and oxygen atoms in total. The standard InChI is InChI=1S/C9H22N4O3S/c1-7(8(10)11-14)6-13(5)17(15,16)12-9(2,3)4/h7,12,14H,6H2,1-5H3,(H2,10,11). The Morgan fingerprint density at radius 2 is 2.00 bits per heavy atom. The van der Waals surface area contributed by atoms with E-state index in [1.54, 1.807) is 27.7 Å². The summed E-state index contributed by atoms with van der Waals surface area (Å²) in [5.74, 6) is -0.357. The molecule has 0 radical (unpaired) electrons. The van der Waals surface area contributed by atoms with Crippen molar-refractivity contribution in [1.82, 2.24) is 9.03 Å². The molecule has 1 atom stereocenters. The first-order valence-corrected chi connectivity index (χ1v) is 6.66. The van der Waals surface area contributed by atoms with Gasteiger partial charge in [0.25, 0.3) is 10.2 Å². The van der Waals surface area contributed by atoms with Gasteiger partial charge in [0.15, 0.2) is 0 Å². The summed E-state index contributed by atoms with van der Waals surface area (Å²) in [5.41, 5.74) is 4.84. The number of oxime groups is 1. The third-order valence-corrected chi connectivity index (χ3v) is 3.84. The van der Waals surface area contributed by atoms with E-state index in [1.165, 1.54) is 7.05 Å². The second-order valence-electron chi connectivity index (χ2n) is 5.06. The molecule has 0 amide bonds. The smallest absolute Gasteiger partial charge is 0.279 e. The molecule has 1 unspecified atom stereocenters. The van der Waals surface area contributed by atoms with Gasteiger partial charge in [0.2, 0.25) is 0 Å². The highest BCUT2D eigenvalue weighted by Crippen LogP contribution is 2.07. The zero-order valence-electron chi connectivity index (χ0n) is 10.9. The molecule has 0 saturated carbocycles. The number of hydrogen-bond acceptors (Lipinski definition) is 4. The first kappa shape index (κ1) is 16.1. The van der Waals surface area contributed by atoms with Gasteiger partial charge in [-0.2, -0.15) is 17.4 Å². The van der Waals surface area contributed by atoms with E-state index in [9.17, 15) is 8.42 Å². The summed E-state index contributed by atoms with van der Waals surface area (Å²) in [6.45, 7) is 7.08. The number of nitrogens with zero attached hydrogens (tertiary/aromatic N) is 2. The highest BCUT2D eigenvalue weighted by atomic mass is 32.2. The van der Waals surface area contributed by atoms with Crippen molar-refractivity contribution in [3.8, 4) is 0 Å². The second kappa shape index (κ2) is 5.65. The minimum atomic E-state index is -3.56. The Balaban J connectivity index is 4.67. The van der Waals surface area contributed by atoms with Crippen molar-refractivity contribution in [1.29, 1.82) is 0 Å². The van der Waals surface area contributed by atoms with Gasteiger partial charge in [0, 0.05) is 25.0 Å². The number of nitrogens with two attached hydrogens (primary N) is 1. The van der Waals surface area contributed by atoms with Crippen LogP contribution in [0.5, 0.6) is 0 Å². The van der Waals surface area contributed by atoms with E-state index in [2.05, 4.69) is 9.88 Å². The maximum absolute atomic E-state index is 11.9. The largest absolute Gasteiger partial charge is 0.409 e. The molecule has 0 heterocycles. The van der Waals surface area contributed by atoms with Crippen LogP contribution in [-0.2, 0) is 10.2 Å². The fraction of sp³-hybridized carbons (Fsp3) is 0.889. The van der Waals surface area contributed by atoms with Crippen molar-refractivity contribution in [2.45, 2.75) is 33.2 Å². The molecule has 0 aromatic carbocycles. The van der Waals surface area contributed by atoms with Gasteiger partial charge in [0.1, 0.15) is 5.84 Å². The molecule has 8 heteroatoms. The summed E-state index contributed by atoms with van der Waals surface area (Å²) >= 11 is 0. The Morgan fingerprint density at radius 3 is 2.35 bits per heavy atom. The van der Waals surface area contributed by atoms with Crippen LogP contribution in [0.4, 0.5) is 0 Å². The zero-order valence-corrected chi connectivity index (χ0v) is 11.7. The van der Waals surface area contributed by atoms with Gasteiger partial charge in [-0.3, -0.25) is 0 Å². The molecule has 0 aromatic rings. The highest BCUT2D eigenvalue weighted by molar-refractivity contribution is 7.87. The van der Waals surface area contributed by atoms with Gasteiger partial charge in [-0.1, -0.05) is 12.1 Å². The van der Waals surface area contributed by atoms with Gasteiger partial charge in [0.05, 0.1) is 0 Å². The Morgan fingerprint density at radius 1 is 1.53 bits per heavy atom. The topological polar surface area (TPSA) is 108 Å². The Hall–Kier alpha value is -0.860. The van der Waals surface area contributed by atoms with E-state index in [0.29, 0.717) is 0 Å². The van der Waals surface area contributed by atoms with Crippen molar-refractivity contribution >= 4 is 16.0 Å². The number of amidine groups is 1. The van der Waals surface area contributed by atoms with Gasteiger partial charge < -0.3 is 10.9 Å². The molecule has 0 aliphatic rings. The van der Waals surface area contributed by atoms with Crippen LogP contribution in [-0.4, -0.2) is 42.9 Å². The van der Waals surface area contributed by atoms with Crippen molar-refractivity contribution in [2.24, 2.45) is 16.8 Å². The van der Waals surface area contributed by atoms with E-state index < -0.39 is 15.7 Å². The van der Waals surface area contributed by atoms with Gasteiger partial charge in [-0.05, 0) is 20.8 Å². The molecule has 0 aliphatic heterocycles. The molecular weight excluding hydrogens is 244 g/mol. The third-order valence-electron chi connectivity index (χ3n) is 2.00. The maximum Gasteiger partial charge on any atom is 0.279 e. The van der Waals surface area contributed by atoms with Crippen LogP contribution in [0.3, 0.4) is 0 Å². The SMILES string of the molecule is CC(CN(C)S(=O)(=O)NC(C)(C)C)C(N)=NO. The summed E-state index contributed by atoms with van der Waals surface area (Å²) in [6, 6.07) is 0. The Labute approximate surface area is 103 Å². The number of rotatable bonds is 5. The second-order valence-corrected chi connectivity index (χ2v) is 6.84.